The standard InChI is InChI=1S/C42H24N4/c1-6-28(29-15-19-38-39(24-29)44-21-20-43-38)22-30(7-1)36-17-13-26-10-11-27-14-18-37(46-42(27)41(26)45-36)31-12-16-32-33-8-2-4-25-5-3-9-34(40(25)33)35(32)23-31/h1-24H. The molecule has 3 aromatic heterocycles. The van der Waals surface area contributed by atoms with Crippen molar-refractivity contribution in [2.45, 2.75) is 0 Å². The zero-order chi connectivity index (χ0) is 30.2. The minimum Gasteiger partial charge on any atom is -0.253 e. The van der Waals surface area contributed by atoms with Gasteiger partial charge in [-0.25, -0.2) is 9.97 Å². The summed E-state index contributed by atoms with van der Waals surface area (Å²) in [6.07, 6.45) is 3.45. The minimum absolute atomic E-state index is 0.882. The molecule has 0 N–H and O–H groups in total. The fourth-order valence-electron chi connectivity index (χ4n) is 7.04. The van der Waals surface area contributed by atoms with Crippen LogP contribution in [-0.4, -0.2) is 19.9 Å². The summed E-state index contributed by atoms with van der Waals surface area (Å²) in [5.74, 6) is 0. The third-order valence-electron chi connectivity index (χ3n) is 9.28. The maximum Gasteiger partial charge on any atom is 0.0972 e. The Morgan fingerprint density at radius 2 is 0.935 bits per heavy atom. The molecule has 4 heteroatoms. The first-order chi connectivity index (χ1) is 22.8. The van der Waals surface area contributed by atoms with Crippen LogP contribution in [0.25, 0.3) is 99.5 Å². The Labute approximate surface area is 264 Å². The second-order valence-electron chi connectivity index (χ2n) is 11.9. The summed E-state index contributed by atoms with van der Waals surface area (Å²) in [7, 11) is 0. The van der Waals surface area contributed by atoms with E-state index in [0.29, 0.717) is 0 Å². The van der Waals surface area contributed by atoms with E-state index in [0.717, 1.165) is 66.5 Å². The normalized spacial score (nSPS) is 11.9. The molecule has 0 aliphatic heterocycles. The van der Waals surface area contributed by atoms with Crippen LogP contribution in [0.15, 0.2) is 146 Å². The number of aromatic nitrogens is 4. The van der Waals surface area contributed by atoms with Gasteiger partial charge in [0.05, 0.1) is 33.5 Å². The van der Waals surface area contributed by atoms with E-state index in [1.807, 2.05) is 6.07 Å². The predicted molar refractivity (Wildman–Crippen MR) is 188 cm³/mol. The van der Waals surface area contributed by atoms with Gasteiger partial charge in [0, 0.05) is 34.3 Å². The van der Waals surface area contributed by atoms with Crippen molar-refractivity contribution >= 4 is 43.6 Å². The van der Waals surface area contributed by atoms with Crippen LogP contribution in [0.4, 0.5) is 0 Å². The second-order valence-corrected chi connectivity index (χ2v) is 11.9. The van der Waals surface area contributed by atoms with Gasteiger partial charge in [0.25, 0.3) is 0 Å². The molecule has 10 rings (SSSR count). The molecule has 6 aromatic carbocycles. The third-order valence-corrected chi connectivity index (χ3v) is 9.28. The van der Waals surface area contributed by atoms with Gasteiger partial charge in [0.1, 0.15) is 0 Å². The molecule has 0 spiro atoms. The van der Waals surface area contributed by atoms with Gasteiger partial charge in [-0.1, -0.05) is 97.1 Å². The SMILES string of the molecule is c1cc(-c2ccc3nccnc3c2)cc(-c2ccc3ccc4ccc(-c5ccc6c(c5)-c5cccc7cccc-6c57)nc4c3n2)c1. The lowest BCUT2D eigenvalue weighted by Gasteiger charge is -2.10. The molecule has 0 atom stereocenters. The average Bonchev–Trinajstić information content (AvgIpc) is 3.45. The molecular weight excluding hydrogens is 560 g/mol. The van der Waals surface area contributed by atoms with Crippen molar-refractivity contribution in [2.24, 2.45) is 0 Å². The van der Waals surface area contributed by atoms with E-state index in [1.54, 1.807) is 12.4 Å². The van der Waals surface area contributed by atoms with E-state index in [9.17, 15) is 0 Å². The van der Waals surface area contributed by atoms with Gasteiger partial charge in [-0.2, -0.15) is 0 Å². The smallest absolute Gasteiger partial charge is 0.0972 e. The summed E-state index contributed by atoms with van der Waals surface area (Å²) in [5.41, 5.74) is 15.0. The molecule has 1 aliphatic carbocycles. The quantitative estimate of drug-likeness (QED) is 0.194. The number of pyridine rings is 2. The Morgan fingerprint density at radius 1 is 0.348 bits per heavy atom. The average molecular weight is 585 g/mol. The molecular formula is C42H24N4. The molecule has 4 nitrogen and oxygen atoms in total. The number of benzene rings is 6. The first kappa shape index (κ1) is 25.1. The molecule has 0 bridgehead atoms. The molecule has 212 valence electrons. The monoisotopic (exact) mass is 584 g/mol. The maximum absolute atomic E-state index is 5.25. The summed E-state index contributed by atoms with van der Waals surface area (Å²) in [6, 6.07) is 47.4. The van der Waals surface area contributed by atoms with Crippen LogP contribution in [-0.2, 0) is 0 Å². The minimum atomic E-state index is 0.882. The van der Waals surface area contributed by atoms with Crippen molar-refractivity contribution in [1.82, 2.24) is 19.9 Å². The van der Waals surface area contributed by atoms with E-state index in [4.69, 9.17) is 9.97 Å². The molecule has 0 unspecified atom stereocenters. The number of fused-ring (bicyclic) bond motifs is 7. The van der Waals surface area contributed by atoms with E-state index < -0.39 is 0 Å². The van der Waals surface area contributed by atoms with Crippen LogP contribution >= 0.6 is 0 Å². The molecule has 0 amide bonds. The second kappa shape index (κ2) is 9.62. The summed E-state index contributed by atoms with van der Waals surface area (Å²) < 4.78 is 0. The number of hydrogen-bond donors (Lipinski definition) is 0. The lowest BCUT2D eigenvalue weighted by Crippen LogP contribution is -1.92. The Bertz CT molecular complexity index is 2710. The molecule has 0 fully saturated rings. The summed E-state index contributed by atoms with van der Waals surface area (Å²) >= 11 is 0. The highest BCUT2D eigenvalue weighted by Gasteiger charge is 2.21. The van der Waals surface area contributed by atoms with Gasteiger partial charge in [0.2, 0.25) is 0 Å². The highest BCUT2D eigenvalue weighted by Crippen LogP contribution is 2.48. The van der Waals surface area contributed by atoms with Gasteiger partial charge >= 0.3 is 0 Å². The molecule has 9 aromatic rings. The first-order valence-corrected chi connectivity index (χ1v) is 15.5. The molecule has 46 heavy (non-hydrogen) atoms. The van der Waals surface area contributed by atoms with Crippen LogP contribution in [0.5, 0.6) is 0 Å². The summed E-state index contributed by atoms with van der Waals surface area (Å²) in [4.78, 5) is 19.4. The van der Waals surface area contributed by atoms with Gasteiger partial charge in [-0.15, -0.1) is 0 Å². The Balaban J connectivity index is 1.08. The zero-order valence-electron chi connectivity index (χ0n) is 24.6. The molecule has 0 saturated carbocycles. The van der Waals surface area contributed by atoms with E-state index in [1.165, 1.54) is 33.0 Å². The molecule has 0 saturated heterocycles. The van der Waals surface area contributed by atoms with E-state index in [2.05, 4.69) is 137 Å². The highest BCUT2D eigenvalue weighted by atomic mass is 14.8. The van der Waals surface area contributed by atoms with Crippen LogP contribution in [0.2, 0.25) is 0 Å². The first-order valence-electron chi connectivity index (χ1n) is 15.5. The fourth-order valence-corrected chi connectivity index (χ4v) is 7.04. The van der Waals surface area contributed by atoms with Gasteiger partial charge in [-0.05, 0) is 80.6 Å². The number of nitrogens with zero attached hydrogens (tertiary/aromatic N) is 4. The van der Waals surface area contributed by atoms with Crippen molar-refractivity contribution in [2.75, 3.05) is 0 Å². The van der Waals surface area contributed by atoms with Crippen molar-refractivity contribution in [3.05, 3.63) is 146 Å². The van der Waals surface area contributed by atoms with Crippen molar-refractivity contribution < 1.29 is 0 Å². The van der Waals surface area contributed by atoms with E-state index in [-0.39, 0.29) is 0 Å². The van der Waals surface area contributed by atoms with Gasteiger partial charge < -0.3 is 0 Å². The van der Waals surface area contributed by atoms with Gasteiger partial charge in [0.15, 0.2) is 0 Å². The largest absolute Gasteiger partial charge is 0.253 e. The fraction of sp³-hybridized carbons (Fsp3) is 0. The predicted octanol–water partition coefficient (Wildman–Crippen LogP) is 10.5. The lowest BCUT2D eigenvalue weighted by molar-refractivity contribution is 1.29. The maximum atomic E-state index is 5.25. The van der Waals surface area contributed by atoms with Crippen LogP contribution in [0.3, 0.4) is 0 Å². The van der Waals surface area contributed by atoms with Crippen molar-refractivity contribution in [3.63, 3.8) is 0 Å². The Morgan fingerprint density at radius 3 is 1.70 bits per heavy atom. The lowest BCUT2D eigenvalue weighted by atomic mass is 9.99. The van der Waals surface area contributed by atoms with Gasteiger partial charge in [-0.3, -0.25) is 9.97 Å². The Hall–Kier alpha value is -6.26. The Kier molecular flexibility index (Phi) is 5.25. The molecule has 3 heterocycles. The summed E-state index contributed by atoms with van der Waals surface area (Å²) in [5, 5.41) is 4.76. The van der Waals surface area contributed by atoms with E-state index >= 15 is 0 Å². The van der Waals surface area contributed by atoms with Crippen molar-refractivity contribution in [3.8, 4) is 55.9 Å². The zero-order valence-corrected chi connectivity index (χ0v) is 24.6. The van der Waals surface area contributed by atoms with Crippen LogP contribution in [0.1, 0.15) is 0 Å². The van der Waals surface area contributed by atoms with Crippen LogP contribution in [0, 0.1) is 0 Å². The third kappa shape index (κ3) is 3.80. The molecule has 1 aliphatic rings. The summed E-state index contributed by atoms with van der Waals surface area (Å²) in [6.45, 7) is 0. The molecule has 0 radical (unpaired) electrons. The topological polar surface area (TPSA) is 51.6 Å². The highest BCUT2D eigenvalue weighted by molar-refractivity contribution is 6.15. The number of rotatable bonds is 3. The van der Waals surface area contributed by atoms with Crippen molar-refractivity contribution in [1.29, 1.82) is 0 Å². The number of hydrogen-bond acceptors (Lipinski definition) is 4. The van der Waals surface area contributed by atoms with Crippen LogP contribution < -0.4 is 0 Å².